The summed E-state index contributed by atoms with van der Waals surface area (Å²) >= 11 is 1.83. The molecule has 2 aromatic carbocycles. The van der Waals surface area contributed by atoms with Gasteiger partial charge in [0.15, 0.2) is 0 Å². The normalized spacial score (nSPS) is 16.4. The second-order valence-corrected chi connectivity index (χ2v) is 7.46. The van der Waals surface area contributed by atoms with Crippen LogP contribution in [0.2, 0.25) is 0 Å². The first-order valence-electron chi connectivity index (χ1n) is 9.10. The van der Waals surface area contributed by atoms with E-state index in [1.165, 1.54) is 10.5 Å². The van der Waals surface area contributed by atoms with Crippen LogP contribution >= 0.6 is 11.8 Å². The van der Waals surface area contributed by atoms with Crippen molar-refractivity contribution in [1.29, 1.82) is 0 Å². The van der Waals surface area contributed by atoms with Crippen molar-refractivity contribution in [2.45, 2.75) is 12.5 Å². The van der Waals surface area contributed by atoms with E-state index in [1.54, 1.807) is 0 Å². The molecule has 0 radical (unpaired) electrons. The summed E-state index contributed by atoms with van der Waals surface area (Å²) in [5, 5.41) is 13.4. The van der Waals surface area contributed by atoms with Crippen molar-refractivity contribution in [3.63, 3.8) is 0 Å². The fourth-order valence-corrected chi connectivity index (χ4v) is 3.47. The third-order valence-electron chi connectivity index (χ3n) is 4.11. The van der Waals surface area contributed by atoms with Gasteiger partial charge in [-0.25, -0.2) is 0 Å². The van der Waals surface area contributed by atoms with Gasteiger partial charge in [0.2, 0.25) is 0 Å². The van der Waals surface area contributed by atoms with Crippen LogP contribution < -0.4 is 20.5 Å². The van der Waals surface area contributed by atoms with Gasteiger partial charge in [-0.05, 0) is 54.4 Å². The predicted molar refractivity (Wildman–Crippen MR) is 111 cm³/mol. The second kappa shape index (κ2) is 10.4. The molecule has 0 spiro atoms. The molecule has 1 heterocycles. The van der Waals surface area contributed by atoms with Gasteiger partial charge in [0.05, 0.1) is 0 Å². The lowest BCUT2D eigenvalue weighted by molar-refractivity contribution is 0.0626. The van der Waals surface area contributed by atoms with Crippen LogP contribution in [0.3, 0.4) is 0 Å². The Morgan fingerprint density at radius 1 is 1.04 bits per heavy atom. The lowest BCUT2D eigenvalue weighted by Crippen LogP contribution is -2.25. The van der Waals surface area contributed by atoms with Gasteiger partial charge in [0, 0.05) is 17.3 Å². The Hall–Kier alpha value is -1.99. The van der Waals surface area contributed by atoms with E-state index < -0.39 is 6.10 Å². The van der Waals surface area contributed by atoms with Crippen molar-refractivity contribution in [2.24, 2.45) is 5.73 Å². The quantitative estimate of drug-likeness (QED) is 0.615. The molecule has 1 atom stereocenters. The highest BCUT2D eigenvalue weighted by atomic mass is 32.2. The molecule has 4 N–H and O–H groups in total. The van der Waals surface area contributed by atoms with Gasteiger partial charge in [-0.15, -0.1) is 11.8 Å². The van der Waals surface area contributed by atoms with Gasteiger partial charge in [-0.2, -0.15) is 0 Å². The first-order valence-corrected chi connectivity index (χ1v) is 10.1. The molecule has 3 rings (SSSR count). The molecule has 0 amide bonds. The van der Waals surface area contributed by atoms with Crippen molar-refractivity contribution in [3.05, 3.63) is 64.6 Å². The smallest absolute Gasteiger partial charge is 0.122 e. The zero-order chi connectivity index (χ0) is 18.9. The Kier molecular flexibility index (Phi) is 7.59. The van der Waals surface area contributed by atoms with Gasteiger partial charge < -0.3 is 25.6 Å². The van der Waals surface area contributed by atoms with Crippen molar-refractivity contribution < 1.29 is 14.6 Å². The minimum atomic E-state index is -0.698. The highest BCUT2D eigenvalue weighted by molar-refractivity contribution is 8.03. The maximum Gasteiger partial charge on any atom is 0.122 e. The lowest BCUT2D eigenvalue weighted by Gasteiger charge is -2.14. The Labute approximate surface area is 164 Å². The standard InChI is InChI=1S/C21H26N2O3S/c22-10-9-16-1-5-19(6-2-16)25-13-18(24)14-26-20-7-3-17(4-8-20)11-21-12-23-15-27-21/h1-8,11,18,23-24H,9-10,12-15,22H2/t18-/m1/s1. The fourth-order valence-electron chi connectivity index (χ4n) is 2.66. The minimum absolute atomic E-state index is 0.185. The van der Waals surface area contributed by atoms with E-state index >= 15 is 0 Å². The molecule has 0 aliphatic carbocycles. The third kappa shape index (κ3) is 6.59. The van der Waals surface area contributed by atoms with Gasteiger partial charge >= 0.3 is 0 Å². The highest BCUT2D eigenvalue weighted by Crippen LogP contribution is 2.23. The molecule has 0 aromatic heterocycles. The number of thioether (sulfide) groups is 1. The number of nitrogens with one attached hydrogen (secondary N) is 1. The summed E-state index contributed by atoms with van der Waals surface area (Å²) in [7, 11) is 0. The molecule has 1 aliphatic rings. The zero-order valence-electron chi connectivity index (χ0n) is 15.3. The molecule has 0 bridgehead atoms. The molecule has 0 unspecified atom stereocenters. The van der Waals surface area contributed by atoms with E-state index in [-0.39, 0.29) is 13.2 Å². The summed E-state index contributed by atoms with van der Waals surface area (Å²) in [6, 6.07) is 15.6. The molecular weight excluding hydrogens is 360 g/mol. The molecule has 0 saturated carbocycles. The fraction of sp³-hybridized carbons (Fsp3) is 0.333. The SMILES string of the molecule is NCCc1ccc(OC[C@@H](O)COc2ccc(C=C3CNCS3)cc2)cc1. The molecule has 1 fully saturated rings. The van der Waals surface area contributed by atoms with Crippen molar-refractivity contribution >= 4 is 17.8 Å². The van der Waals surface area contributed by atoms with Crippen LogP contribution in [-0.4, -0.2) is 43.4 Å². The number of aliphatic hydroxyl groups is 1. The predicted octanol–water partition coefficient (Wildman–Crippen LogP) is 2.64. The summed E-state index contributed by atoms with van der Waals surface area (Å²) in [5.41, 5.74) is 7.86. The third-order valence-corrected chi connectivity index (χ3v) is 5.09. The summed E-state index contributed by atoms with van der Waals surface area (Å²) in [5.74, 6) is 2.44. The average molecular weight is 387 g/mol. The topological polar surface area (TPSA) is 76.7 Å². The number of aliphatic hydroxyl groups excluding tert-OH is 1. The van der Waals surface area contributed by atoms with E-state index in [2.05, 4.69) is 11.4 Å². The van der Waals surface area contributed by atoms with Gasteiger partial charge in [-0.1, -0.05) is 24.3 Å². The van der Waals surface area contributed by atoms with Crippen LogP contribution in [-0.2, 0) is 6.42 Å². The van der Waals surface area contributed by atoms with Crippen molar-refractivity contribution in [2.75, 3.05) is 32.2 Å². The summed E-state index contributed by atoms with van der Waals surface area (Å²) in [6.45, 7) is 1.94. The van der Waals surface area contributed by atoms with Crippen LogP contribution in [0.1, 0.15) is 11.1 Å². The Morgan fingerprint density at radius 3 is 2.22 bits per heavy atom. The first-order chi connectivity index (χ1) is 13.2. The van der Waals surface area contributed by atoms with Crippen LogP contribution in [0.15, 0.2) is 53.4 Å². The van der Waals surface area contributed by atoms with Gasteiger partial charge in [-0.3, -0.25) is 0 Å². The number of hydrogen-bond acceptors (Lipinski definition) is 6. The van der Waals surface area contributed by atoms with E-state index in [1.807, 2.05) is 60.3 Å². The first kappa shape index (κ1) is 19.8. The number of benzene rings is 2. The maximum absolute atomic E-state index is 10.1. The Bertz CT molecular complexity index is 724. The van der Waals surface area contributed by atoms with E-state index in [0.717, 1.165) is 35.9 Å². The minimum Gasteiger partial charge on any atom is -0.491 e. The molecule has 144 valence electrons. The van der Waals surface area contributed by atoms with Crippen molar-refractivity contribution in [1.82, 2.24) is 5.32 Å². The summed E-state index contributed by atoms with van der Waals surface area (Å²) in [6.07, 6.45) is 2.33. The molecule has 5 nitrogen and oxygen atoms in total. The van der Waals surface area contributed by atoms with E-state index in [0.29, 0.717) is 6.54 Å². The number of hydrogen-bond donors (Lipinski definition) is 3. The van der Waals surface area contributed by atoms with Crippen LogP contribution in [0.4, 0.5) is 0 Å². The van der Waals surface area contributed by atoms with E-state index in [9.17, 15) is 5.11 Å². The zero-order valence-corrected chi connectivity index (χ0v) is 16.1. The van der Waals surface area contributed by atoms with Crippen molar-refractivity contribution in [3.8, 4) is 11.5 Å². The number of nitrogens with two attached hydrogens (primary N) is 1. The molecule has 2 aromatic rings. The summed E-state index contributed by atoms with van der Waals surface area (Å²) in [4.78, 5) is 1.34. The molecule has 1 saturated heterocycles. The Balaban J connectivity index is 1.40. The van der Waals surface area contributed by atoms with Crippen LogP contribution in [0, 0.1) is 0 Å². The lowest BCUT2D eigenvalue weighted by atomic mass is 10.1. The van der Waals surface area contributed by atoms with E-state index in [4.69, 9.17) is 15.2 Å². The second-order valence-electron chi connectivity index (χ2n) is 6.35. The monoisotopic (exact) mass is 386 g/mol. The van der Waals surface area contributed by atoms with Crippen LogP contribution in [0.25, 0.3) is 6.08 Å². The number of rotatable bonds is 9. The Morgan fingerprint density at radius 2 is 1.67 bits per heavy atom. The van der Waals surface area contributed by atoms with Gasteiger partial charge in [0.1, 0.15) is 30.8 Å². The molecule has 1 aliphatic heterocycles. The van der Waals surface area contributed by atoms with Gasteiger partial charge in [0.25, 0.3) is 0 Å². The largest absolute Gasteiger partial charge is 0.491 e. The molecule has 6 heteroatoms. The maximum atomic E-state index is 10.1. The molecule has 27 heavy (non-hydrogen) atoms. The average Bonchev–Trinajstić information content (AvgIpc) is 3.20. The van der Waals surface area contributed by atoms with Crippen LogP contribution in [0.5, 0.6) is 11.5 Å². The highest BCUT2D eigenvalue weighted by Gasteiger charge is 2.08. The molecular formula is C21H26N2O3S. The number of ether oxygens (including phenoxy) is 2. The summed E-state index contributed by atoms with van der Waals surface area (Å²) < 4.78 is 11.3.